The van der Waals surface area contributed by atoms with E-state index in [2.05, 4.69) is 0 Å². The molecule has 0 aromatic heterocycles. The molecule has 0 N–H and O–H groups in total. The second-order valence-electron chi connectivity index (χ2n) is 5.33. The molecule has 6 nitrogen and oxygen atoms in total. The molecule has 0 saturated carbocycles. The van der Waals surface area contributed by atoms with Gasteiger partial charge in [-0.25, -0.2) is 16.8 Å². The fourth-order valence-corrected chi connectivity index (χ4v) is 4.64. The van der Waals surface area contributed by atoms with Crippen LogP contribution in [-0.4, -0.2) is 53.2 Å². The van der Waals surface area contributed by atoms with Crippen LogP contribution in [-0.2, 0) is 24.6 Å². The summed E-state index contributed by atoms with van der Waals surface area (Å²) in [5.74, 6) is 0. The van der Waals surface area contributed by atoms with Crippen LogP contribution in [0.5, 0.6) is 0 Å². The van der Waals surface area contributed by atoms with Crippen LogP contribution >= 0.6 is 0 Å². The molecule has 1 aromatic rings. The monoisotopic (exact) mass is 347 g/mol. The van der Waals surface area contributed by atoms with E-state index < -0.39 is 19.9 Å². The maximum Gasteiger partial charge on any atom is 0.243 e. The normalized spacial score (nSPS) is 20.9. The minimum Gasteiger partial charge on any atom is -0.377 e. The van der Waals surface area contributed by atoms with Gasteiger partial charge in [0.15, 0.2) is 9.84 Å². The van der Waals surface area contributed by atoms with Crippen LogP contribution in [0, 0.1) is 0 Å². The molecule has 0 amide bonds. The summed E-state index contributed by atoms with van der Waals surface area (Å²) in [7, 11) is -6.95. The molecule has 1 fully saturated rings. The first-order valence-electron chi connectivity index (χ1n) is 7.17. The standard InChI is InChI=1S/C14H21NO5S2/c1-3-20-12-5-4-10-15(11-12)22(18,19)14-8-6-13(7-9-14)21(2,16)17/h6-9,12H,3-5,10-11H2,1-2H3. The van der Waals surface area contributed by atoms with Crippen molar-refractivity contribution in [1.82, 2.24) is 4.31 Å². The summed E-state index contributed by atoms with van der Waals surface area (Å²) in [6.07, 6.45) is 2.62. The zero-order valence-corrected chi connectivity index (χ0v) is 14.4. The molecule has 0 bridgehead atoms. The van der Waals surface area contributed by atoms with Gasteiger partial charge in [0, 0.05) is 26.0 Å². The molecule has 8 heteroatoms. The maximum atomic E-state index is 12.6. The second-order valence-corrected chi connectivity index (χ2v) is 9.28. The number of hydrogen-bond donors (Lipinski definition) is 0. The highest BCUT2D eigenvalue weighted by Crippen LogP contribution is 2.23. The lowest BCUT2D eigenvalue weighted by atomic mass is 10.1. The minimum atomic E-state index is -3.62. The van der Waals surface area contributed by atoms with E-state index in [1.807, 2.05) is 6.92 Å². The lowest BCUT2D eigenvalue weighted by Gasteiger charge is -2.31. The Morgan fingerprint density at radius 1 is 1.14 bits per heavy atom. The molecule has 1 unspecified atom stereocenters. The number of sulfonamides is 1. The number of sulfone groups is 1. The van der Waals surface area contributed by atoms with Crippen molar-refractivity contribution in [2.45, 2.75) is 35.7 Å². The third-order valence-corrected chi connectivity index (χ3v) is 6.64. The summed E-state index contributed by atoms with van der Waals surface area (Å²) in [5, 5.41) is 0. The Labute approximate surface area is 132 Å². The lowest BCUT2D eigenvalue weighted by Crippen LogP contribution is -2.43. The lowest BCUT2D eigenvalue weighted by molar-refractivity contribution is 0.0265. The van der Waals surface area contributed by atoms with Crippen LogP contribution in [0.4, 0.5) is 0 Å². The highest BCUT2D eigenvalue weighted by Gasteiger charge is 2.30. The largest absolute Gasteiger partial charge is 0.377 e. The van der Waals surface area contributed by atoms with Gasteiger partial charge in [-0.05, 0) is 44.0 Å². The smallest absolute Gasteiger partial charge is 0.243 e. The number of benzene rings is 1. The Hall–Kier alpha value is -0.960. The Kier molecular flexibility index (Phi) is 5.26. The van der Waals surface area contributed by atoms with Crippen LogP contribution in [0.25, 0.3) is 0 Å². The number of piperidine rings is 1. The quantitative estimate of drug-likeness (QED) is 0.801. The zero-order chi connectivity index (χ0) is 16.4. The van der Waals surface area contributed by atoms with Crippen LogP contribution in [0.3, 0.4) is 0 Å². The Morgan fingerprint density at radius 3 is 2.27 bits per heavy atom. The number of hydrogen-bond acceptors (Lipinski definition) is 5. The molecule has 1 saturated heterocycles. The van der Waals surface area contributed by atoms with Gasteiger partial charge in [0.1, 0.15) is 0 Å². The molecule has 124 valence electrons. The van der Waals surface area contributed by atoms with E-state index in [9.17, 15) is 16.8 Å². The van der Waals surface area contributed by atoms with E-state index in [1.165, 1.54) is 28.6 Å². The second kappa shape index (κ2) is 6.66. The summed E-state index contributed by atoms with van der Waals surface area (Å²) in [5.41, 5.74) is 0. The summed E-state index contributed by atoms with van der Waals surface area (Å²) >= 11 is 0. The zero-order valence-electron chi connectivity index (χ0n) is 12.7. The van der Waals surface area contributed by atoms with E-state index in [1.54, 1.807) is 0 Å². The van der Waals surface area contributed by atoms with Crippen molar-refractivity contribution in [2.24, 2.45) is 0 Å². The molecule has 1 aromatic carbocycles. The van der Waals surface area contributed by atoms with Crippen LogP contribution < -0.4 is 0 Å². The Bertz CT molecular complexity index is 708. The van der Waals surface area contributed by atoms with Crippen molar-refractivity contribution in [3.63, 3.8) is 0 Å². The van der Waals surface area contributed by atoms with Gasteiger partial charge >= 0.3 is 0 Å². The van der Waals surface area contributed by atoms with E-state index in [4.69, 9.17) is 4.74 Å². The maximum absolute atomic E-state index is 12.6. The third kappa shape index (κ3) is 3.87. The van der Waals surface area contributed by atoms with Gasteiger partial charge in [0.25, 0.3) is 0 Å². The van der Waals surface area contributed by atoms with Crippen molar-refractivity contribution >= 4 is 19.9 Å². The highest BCUT2D eigenvalue weighted by molar-refractivity contribution is 7.90. The molecule has 1 aliphatic heterocycles. The number of rotatable bonds is 5. The highest BCUT2D eigenvalue weighted by atomic mass is 32.2. The van der Waals surface area contributed by atoms with Crippen molar-refractivity contribution < 1.29 is 21.6 Å². The fourth-order valence-electron chi connectivity index (χ4n) is 2.50. The van der Waals surface area contributed by atoms with Gasteiger partial charge in [-0.15, -0.1) is 0 Å². The molecule has 1 heterocycles. The third-order valence-electron chi connectivity index (χ3n) is 3.63. The number of nitrogens with zero attached hydrogens (tertiary/aromatic N) is 1. The molecule has 1 aliphatic rings. The van der Waals surface area contributed by atoms with Crippen LogP contribution in [0.2, 0.25) is 0 Å². The van der Waals surface area contributed by atoms with Gasteiger partial charge in [0.2, 0.25) is 10.0 Å². The molecular formula is C14H21NO5S2. The fraction of sp³-hybridized carbons (Fsp3) is 0.571. The molecule has 0 radical (unpaired) electrons. The van der Waals surface area contributed by atoms with E-state index in [0.29, 0.717) is 19.7 Å². The topological polar surface area (TPSA) is 80.8 Å². The molecule has 0 spiro atoms. The molecule has 2 rings (SSSR count). The average Bonchev–Trinajstić information content (AvgIpc) is 2.47. The summed E-state index contributed by atoms with van der Waals surface area (Å²) in [6.45, 7) is 3.24. The Balaban J connectivity index is 2.23. The average molecular weight is 347 g/mol. The molecule has 1 atom stereocenters. The van der Waals surface area contributed by atoms with Crippen molar-refractivity contribution in [3.05, 3.63) is 24.3 Å². The first-order valence-corrected chi connectivity index (χ1v) is 10.5. The Morgan fingerprint density at radius 2 is 1.73 bits per heavy atom. The summed E-state index contributed by atoms with van der Waals surface area (Å²) in [4.78, 5) is 0.217. The number of ether oxygens (including phenoxy) is 1. The van der Waals surface area contributed by atoms with Gasteiger partial charge in [-0.3, -0.25) is 0 Å². The SMILES string of the molecule is CCOC1CCCN(S(=O)(=O)c2ccc(S(C)(=O)=O)cc2)C1. The van der Waals surface area contributed by atoms with Crippen molar-refractivity contribution in [1.29, 1.82) is 0 Å². The van der Waals surface area contributed by atoms with E-state index >= 15 is 0 Å². The predicted octanol–water partition coefficient (Wildman–Crippen LogP) is 1.28. The summed E-state index contributed by atoms with van der Waals surface area (Å²) < 4.78 is 55.0. The van der Waals surface area contributed by atoms with Crippen molar-refractivity contribution in [2.75, 3.05) is 26.0 Å². The predicted molar refractivity (Wildman–Crippen MR) is 83.0 cm³/mol. The van der Waals surface area contributed by atoms with E-state index in [0.717, 1.165) is 19.1 Å². The first-order chi connectivity index (χ1) is 10.2. The van der Waals surface area contributed by atoms with Gasteiger partial charge in [-0.2, -0.15) is 4.31 Å². The molecular weight excluding hydrogens is 326 g/mol. The van der Waals surface area contributed by atoms with Gasteiger partial charge < -0.3 is 4.74 Å². The van der Waals surface area contributed by atoms with Gasteiger partial charge in [0.05, 0.1) is 15.9 Å². The summed E-state index contributed by atoms with van der Waals surface area (Å²) in [6, 6.07) is 5.34. The van der Waals surface area contributed by atoms with Crippen LogP contribution in [0.15, 0.2) is 34.1 Å². The molecule has 0 aliphatic carbocycles. The first kappa shape index (κ1) is 17.4. The van der Waals surface area contributed by atoms with Crippen LogP contribution in [0.1, 0.15) is 19.8 Å². The minimum absolute atomic E-state index is 0.0798. The van der Waals surface area contributed by atoms with Crippen molar-refractivity contribution in [3.8, 4) is 0 Å². The molecule has 22 heavy (non-hydrogen) atoms. The van der Waals surface area contributed by atoms with Gasteiger partial charge in [-0.1, -0.05) is 0 Å². The van der Waals surface area contributed by atoms with E-state index in [-0.39, 0.29) is 15.9 Å².